The van der Waals surface area contributed by atoms with Crippen molar-refractivity contribution >= 4 is 40.0 Å². The Labute approximate surface area is 207 Å². The second-order valence-electron chi connectivity index (χ2n) is 7.45. The van der Waals surface area contributed by atoms with Gasteiger partial charge in [-0.2, -0.15) is 0 Å². The predicted molar refractivity (Wildman–Crippen MR) is 136 cm³/mol. The molecule has 1 saturated heterocycles. The summed E-state index contributed by atoms with van der Waals surface area (Å²) >= 11 is 0. The van der Waals surface area contributed by atoms with Crippen LogP contribution in [0.1, 0.15) is 30.0 Å². The zero-order chi connectivity index (χ0) is 22.3. The number of guanidine groups is 1. The molecule has 4 N–H and O–H groups in total. The summed E-state index contributed by atoms with van der Waals surface area (Å²) in [6, 6.07) is 12.6. The molecule has 0 spiro atoms. The van der Waals surface area contributed by atoms with E-state index in [-0.39, 0.29) is 35.0 Å². The van der Waals surface area contributed by atoms with Crippen molar-refractivity contribution in [1.82, 2.24) is 10.6 Å². The third-order valence-corrected chi connectivity index (χ3v) is 5.80. The fourth-order valence-corrected chi connectivity index (χ4v) is 3.69. The van der Waals surface area contributed by atoms with Crippen LogP contribution in [0.4, 0.5) is 0 Å². The van der Waals surface area contributed by atoms with Gasteiger partial charge in [0.25, 0.3) is 0 Å². The number of rotatable bonds is 8. The number of benzene rings is 2. The van der Waals surface area contributed by atoms with E-state index in [1.807, 2.05) is 19.9 Å². The molecule has 0 bridgehead atoms. The number of aliphatic imine (C=N–C) groups is 1. The topological polar surface area (TPSA) is 115 Å². The predicted octanol–water partition coefficient (Wildman–Crippen LogP) is 2.68. The number of nitrogens with zero attached hydrogens (tertiary/aromatic N) is 1. The zero-order valence-corrected chi connectivity index (χ0v) is 21.5. The summed E-state index contributed by atoms with van der Waals surface area (Å²) in [5.74, 6) is 1.52. The van der Waals surface area contributed by atoms with Gasteiger partial charge in [-0.05, 0) is 43.2 Å². The fraction of sp³-hybridized carbons (Fsp3) is 0.409. The average molecular weight is 574 g/mol. The summed E-state index contributed by atoms with van der Waals surface area (Å²) in [6.07, 6.45) is 0.984. The maximum absolute atomic E-state index is 11.4. The Morgan fingerprint density at radius 3 is 2.59 bits per heavy atom. The molecular formula is C22H31IN4O4S. The van der Waals surface area contributed by atoms with Crippen molar-refractivity contribution < 1.29 is 17.9 Å². The molecule has 0 saturated carbocycles. The molecule has 2 aromatic rings. The molecule has 2 aromatic carbocycles. The Balaban J connectivity index is 0.00000363. The number of primary sulfonamides is 1. The minimum Gasteiger partial charge on any atom is -0.488 e. The number of aryl methyl sites for hydroxylation is 1. The maximum Gasteiger partial charge on any atom is 0.238 e. The van der Waals surface area contributed by atoms with E-state index < -0.39 is 10.0 Å². The first-order chi connectivity index (χ1) is 14.8. The highest BCUT2D eigenvalue weighted by Crippen LogP contribution is 2.23. The third-order valence-electron chi connectivity index (χ3n) is 4.87. The standard InChI is InChI=1S/C22H30N4O4S.HI/c1-3-24-22(25-13-17-5-8-20(9-6-17)31(23,27)28)26-14-18-7-4-16(2)12-21(18)30-19-10-11-29-15-19;/h4-9,12,19H,3,10-11,13-15H2,1-2H3,(H2,23,27,28)(H2,24,25,26);1H. The molecule has 10 heteroatoms. The van der Waals surface area contributed by atoms with Crippen LogP contribution in [0.15, 0.2) is 52.4 Å². The number of ether oxygens (including phenoxy) is 2. The van der Waals surface area contributed by atoms with Crippen LogP contribution in [0.5, 0.6) is 5.75 Å². The van der Waals surface area contributed by atoms with Gasteiger partial charge in [0.1, 0.15) is 11.9 Å². The van der Waals surface area contributed by atoms with Crippen LogP contribution in [0.25, 0.3) is 0 Å². The molecule has 1 aliphatic heterocycles. The van der Waals surface area contributed by atoms with Crippen LogP contribution in [-0.2, 0) is 27.8 Å². The Bertz CT molecular complexity index is 1010. The largest absolute Gasteiger partial charge is 0.488 e. The van der Waals surface area contributed by atoms with Gasteiger partial charge < -0.3 is 20.1 Å². The number of hydrogen-bond donors (Lipinski definition) is 3. The highest BCUT2D eigenvalue weighted by molar-refractivity contribution is 14.0. The van der Waals surface area contributed by atoms with E-state index in [4.69, 9.17) is 14.6 Å². The number of nitrogens with two attached hydrogens (primary N) is 1. The van der Waals surface area contributed by atoms with Crippen molar-refractivity contribution in [2.24, 2.45) is 10.1 Å². The molecule has 32 heavy (non-hydrogen) atoms. The fourth-order valence-electron chi connectivity index (χ4n) is 3.18. The van der Waals surface area contributed by atoms with E-state index >= 15 is 0 Å². The van der Waals surface area contributed by atoms with Crippen molar-refractivity contribution in [3.05, 3.63) is 59.2 Å². The minimum absolute atomic E-state index is 0. The van der Waals surface area contributed by atoms with Gasteiger partial charge in [-0.15, -0.1) is 24.0 Å². The summed E-state index contributed by atoms with van der Waals surface area (Å²) in [5, 5.41) is 11.7. The van der Waals surface area contributed by atoms with Gasteiger partial charge in [-0.1, -0.05) is 24.3 Å². The van der Waals surface area contributed by atoms with Gasteiger partial charge in [0, 0.05) is 25.1 Å². The van der Waals surface area contributed by atoms with Crippen LogP contribution in [0.2, 0.25) is 0 Å². The summed E-state index contributed by atoms with van der Waals surface area (Å²) < 4.78 is 34.4. The molecule has 1 aliphatic rings. The number of halogens is 1. The first-order valence-corrected chi connectivity index (χ1v) is 11.9. The smallest absolute Gasteiger partial charge is 0.238 e. The Morgan fingerprint density at radius 1 is 1.22 bits per heavy atom. The van der Waals surface area contributed by atoms with Crippen LogP contribution >= 0.6 is 24.0 Å². The minimum atomic E-state index is -3.70. The lowest BCUT2D eigenvalue weighted by molar-refractivity contribution is 0.140. The summed E-state index contributed by atoms with van der Waals surface area (Å²) in [6.45, 7) is 7.07. The number of nitrogens with one attached hydrogen (secondary N) is 2. The van der Waals surface area contributed by atoms with Crippen molar-refractivity contribution in [2.45, 2.75) is 44.4 Å². The van der Waals surface area contributed by atoms with Crippen molar-refractivity contribution in [2.75, 3.05) is 19.8 Å². The Morgan fingerprint density at radius 2 is 1.97 bits per heavy atom. The molecule has 1 unspecified atom stereocenters. The van der Waals surface area contributed by atoms with Crippen molar-refractivity contribution in [1.29, 1.82) is 0 Å². The van der Waals surface area contributed by atoms with E-state index in [2.05, 4.69) is 27.8 Å². The second-order valence-corrected chi connectivity index (χ2v) is 9.01. The highest BCUT2D eigenvalue weighted by Gasteiger charge is 2.18. The molecule has 0 aromatic heterocycles. The van der Waals surface area contributed by atoms with Gasteiger partial charge in [0.05, 0.1) is 24.7 Å². The molecular weight excluding hydrogens is 543 g/mol. The van der Waals surface area contributed by atoms with E-state index in [9.17, 15) is 8.42 Å². The van der Waals surface area contributed by atoms with E-state index in [1.165, 1.54) is 12.1 Å². The Kier molecular flexibility index (Phi) is 10.2. The lowest BCUT2D eigenvalue weighted by Gasteiger charge is -2.18. The van der Waals surface area contributed by atoms with Gasteiger partial charge in [-0.25, -0.2) is 18.5 Å². The van der Waals surface area contributed by atoms with Gasteiger partial charge in [0.15, 0.2) is 5.96 Å². The zero-order valence-electron chi connectivity index (χ0n) is 18.3. The molecule has 0 aliphatic carbocycles. The number of hydrogen-bond acceptors (Lipinski definition) is 5. The molecule has 8 nitrogen and oxygen atoms in total. The third kappa shape index (κ3) is 7.91. The molecule has 3 rings (SSSR count). The average Bonchev–Trinajstić information content (AvgIpc) is 3.24. The van der Waals surface area contributed by atoms with Crippen LogP contribution in [0, 0.1) is 6.92 Å². The lowest BCUT2D eigenvalue weighted by Crippen LogP contribution is -2.37. The van der Waals surface area contributed by atoms with E-state index in [1.54, 1.807) is 12.1 Å². The Hall–Kier alpha value is -1.89. The SMILES string of the molecule is CCNC(=NCc1ccc(S(N)(=O)=O)cc1)NCc1ccc(C)cc1OC1CCOC1.I. The summed E-state index contributed by atoms with van der Waals surface area (Å²) in [7, 11) is -3.70. The molecule has 1 atom stereocenters. The molecule has 1 fully saturated rings. The normalized spacial score (nSPS) is 16.3. The van der Waals surface area contributed by atoms with Crippen LogP contribution in [-0.4, -0.2) is 40.2 Å². The molecule has 0 radical (unpaired) electrons. The quantitative estimate of drug-likeness (QED) is 0.254. The monoisotopic (exact) mass is 574 g/mol. The van der Waals surface area contributed by atoms with E-state index in [0.717, 1.165) is 35.5 Å². The van der Waals surface area contributed by atoms with E-state index in [0.29, 0.717) is 32.2 Å². The lowest BCUT2D eigenvalue weighted by atomic mass is 10.1. The first-order valence-electron chi connectivity index (χ1n) is 10.3. The van der Waals surface area contributed by atoms with Gasteiger partial charge in [-0.3, -0.25) is 0 Å². The van der Waals surface area contributed by atoms with Crippen LogP contribution in [0.3, 0.4) is 0 Å². The van der Waals surface area contributed by atoms with Gasteiger partial charge in [0.2, 0.25) is 10.0 Å². The molecule has 0 amide bonds. The maximum atomic E-state index is 11.4. The first kappa shape index (κ1) is 26.4. The molecule has 1 heterocycles. The van der Waals surface area contributed by atoms with Crippen LogP contribution < -0.4 is 20.5 Å². The highest BCUT2D eigenvalue weighted by atomic mass is 127. The summed E-state index contributed by atoms with van der Waals surface area (Å²) in [5.41, 5.74) is 3.06. The molecule has 176 valence electrons. The van der Waals surface area contributed by atoms with Gasteiger partial charge >= 0.3 is 0 Å². The summed E-state index contributed by atoms with van der Waals surface area (Å²) in [4.78, 5) is 4.68. The van der Waals surface area contributed by atoms with Crippen molar-refractivity contribution in [3.63, 3.8) is 0 Å². The van der Waals surface area contributed by atoms with Crippen molar-refractivity contribution in [3.8, 4) is 5.75 Å². The number of sulfonamides is 1. The second kappa shape index (κ2) is 12.4.